The summed E-state index contributed by atoms with van der Waals surface area (Å²) in [5.41, 5.74) is 1.33. The number of hydrogen-bond acceptors (Lipinski definition) is 8. The van der Waals surface area contributed by atoms with Gasteiger partial charge in [0.1, 0.15) is 11.5 Å². The van der Waals surface area contributed by atoms with Crippen LogP contribution in [-0.4, -0.2) is 51.0 Å². The fourth-order valence-electron chi connectivity index (χ4n) is 3.42. The van der Waals surface area contributed by atoms with E-state index < -0.39 is 6.09 Å². The quantitative estimate of drug-likeness (QED) is 0.345. The molecule has 0 aliphatic rings. The van der Waals surface area contributed by atoms with E-state index in [-0.39, 0.29) is 24.5 Å². The predicted octanol–water partition coefficient (Wildman–Crippen LogP) is 4.83. The van der Waals surface area contributed by atoms with Crippen molar-refractivity contribution < 1.29 is 23.8 Å². The molecule has 4 aromatic rings. The smallest absolute Gasteiger partial charge is 0.435 e. The van der Waals surface area contributed by atoms with Gasteiger partial charge in [0, 0.05) is 29.3 Å². The van der Waals surface area contributed by atoms with E-state index in [1.165, 1.54) is 4.68 Å². The molecule has 0 aliphatic carbocycles. The zero-order valence-corrected chi connectivity index (χ0v) is 21.2. The lowest BCUT2D eigenvalue weighted by Crippen LogP contribution is -2.34. The second-order valence-corrected chi connectivity index (χ2v) is 9.11. The maximum Gasteiger partial charge on any atom is 0.435 e. The Morgan fingerprint density at radius 3 is 2.65 bits per heavy atom. The molecule has 0 spiro atoms. The molecule has 10 nitrogen and oxygen atoms in total. The Labute approximate surface area is 214 Å². The van der Waals surface area contributed by atoms with Crippen LogP contribution in [0.15, 0.2) is 60.9 Å². The van der Waals surface area contributed by atoms with Gasteiger partial charge >= 0.3 is 6.09 Å². The van der Waals surface area contributed by atoms with Crippen LogP contribution in [0.3, 0.4) is 0 Å². The highest BCUT2D eigenvalue weighted by Gasteiger charge is 2.14. The third-order valence-electron chi connectivity index (χ3n) is 5.02. The Bertz CT molecular complexity index is 1400. The van der Waals surface area contributed by atoms with E-state index in [0.29, 0.717) is 40.9 Å². The molecule has 2 aromatic carbocycles. The van der Waals surface area contributed by atoms with Crippen molar-refractivity contribution in [3.63, 3.8) is 0 Å². The van der Waals surface area contributed by atoms with Gasteiger partial charge in [0.2, 0.25) is 5.88 Å². The molecular formula is C27H29N5O5. The molecule has 0 fully saturated rings. The number of benzene rings is 2. The van der Waals surface area contributed by atoms with Crippen LogP contribution in [-0.2, 0) is 9.53 Å². The Kier molecular flexibility index (Phi) is 7.97. The molecular weight excluding hydrogens is 474 g/mol. The predicted molar refractivity (Wildman–Crippen MR) is 138 cm³/mol. The van der Waals surface area contributed by atoms with Crippen LogP contribution < -0.4 is 14.8 Å². The maximum atomic E-state index is 12.3. The van der Waals surface area contributed by atoms with E-state index in [1.54, 1.807) is 54.9 Å². The van der Waals surface area contributed by atoms with Crippen molar-refractivity contribution >= 4 is 22.9 Å². The number of ether oxygens (including phenoxy) is 3. The highest BCUT2D eigenvalue weighted by atomic mass is 16.6. The standard InChI is InChI=1S/C27H29N5O5/c1-17(2)15-36-27(34)32-23-9-8-22(13-20(23)14-29-32)37-25-10-11-28-26(31-25)19-6-5-7-21(12-19)35-16-24(33)30-18(3)4/h5-14,17-18H,15-16H2,1-4H3,(H,30,33). The van der Waals surface area contributed by atoms with Crippen molar-refractivity contribution in [1.82, 2.24) is 25.1 Å². The summed E-state index contributed by atoms with van der Waals surface area (Å²) in [4.78, 5) is 33.0. The summed E-state index contributed by atoms with van der Waals surface area (Å²) in [6, 6.07) is 14.1. The monoisotopic (exact) mass is 503 g/mol. The van der Waals surface area contributed by atoms with Gasteiger partial charge < -0.3 is 19.5 Å². The summed E-state index contributed by atoms with van der Waals surface area (Å²) in [5.74, 6) is 1.88. The summed E-state index contributed by atoms with van der Waals surface area (Å²) < 4.78 is 18.1. The molecule has 0 atom stereocenters. The van der Waals surface area contributed by atoms with Crippen molar-refractivity contribution in [2.45, 2.75) is 33.7 Å². The number of aromatic nitrogens is 4. The molecule has 0 saturated heterocycles. The minimum atomic E-state index is -0.524. The molecule has 192 valence electrons. The largest absolute Gasteiger partial charge is 0.484 e. The van der Waals surface area contributed by atoms with Crippen molar-refractivity contribution in [1.29, 1.82) is 0 Å². The third-order valence-corrected chi connectivity index (χ3v) is 5.02. The van der Waals surface area contributed by atoms with Gasteiger partial charge in [-0.3, -0.25) is 4.79 Å². The summed E-state index contributed by atoms with van der Waals surface area (Å²) in [6.07, 6.45) is 2.66. The molecule has 37 heavy (non-hydrogen) atoms. The number of rotatable bonds is 9. The Morgan fingerprint density at radius 1 is 1.03 bits per heavy atom. The van der Waals surface area contributed by atoms with E-state index in [9.17, 15) is 9.59 Å². The van der Waals surface area contributed by atoms with Crippen molar-refractivity contribution in [2.24, 2.45) is 5.92 Å². The Morgan fingerprint density at radius 2 is 1.86 bits per heavy atom. The highest BCUT2D eigenvalue weighted by Crippen LogP contribution is 2.27. The van der Waals surface area contributed by atoms with Gasteiger partial charge in [0.05, 0.1) is 18.3 Å². The zero-order valence-electron chi connectivity index (χ0n) is 21.2. The number of hydrogen-bond donors (Lipinski definition) is 1. The van der Waals surface area contributed by atoms with Gasteiger partial charge in [0.15, 0.2) is 12.4 Å². The third kappa shape index (κ3) is 6.81. The van der Waals surface area contributed by atoms with Crippen LogP contribution in [0.2, 0.25) is 0 Å². The van der Waals surface area contributed by atoms with Gasteiger partial charge in [-0.15, -0.1) is 0 Å². The fourth-order valence-corrected chi connectivity index (χ4v) is 3.42. The molecule has 0 aliphatic heterocycles. The average Bonchev–Trinajstić information content (AvgIpc) is 3.29. The lowest BCUT2D eigenvalue weighted by atomic mass is 10.2. The van der Waals surface area contributed by atoms with Crippen molar-refractivity contribution in [2.75, 3.05) is 13.2 Å². The van der Waals surface area contributed by atoms with Crippen LogP contribution in [0.4, 0.5) is 4.79 Å². The lowest BCUT2D eigenvalue weighted by Gasteiger charge is -2.11. The minimum Gasteiger partial charge on any atom is -0.484 e. The van der Waals surface area contributed by atoms with Crippen molar-refractivity contribution in [3.05, 3.63) is 60.9 Å². The first-order valence-corrected chi connectivity index (χ1v) is 12.0. The zero-order chi connectivity index (χ0) is 26.4. The molecule has 0 bridgehead atoms. The number of fused-ring (bicyclic) bond motifs is 1. The second kappa shape index (κ2) is 11.5. The summed E-state index contributed by atoms with van der Waals surface area (Å²) in [7, 11) is 0. The Balaban J connectivity index is 1.46. The first-order chi connectivity index (χ1) is 17.8. The van der Waals surface area contributed by atoms with Crippen LogP contribution in [0.1, 0.15) is 27.7 Å². The maximum absolute atomic E-state index is 12.3. The number of nitrogens with one attached hydrogen (secondary N) is 1. The lowest BCUT2D eigenvalue weighted by molar-refractivity contribution is -0.123. The van der Waals surface area contributed by atoms with Gasteiger partial charge in [-0.1, -0.05) is 26.0 Å². The number of amides is 1. The first-order valence-electron chi connectivity index (χ1n) is 12.0. The van der Waals surface area contributed by atoms with Crippen LogP contribution >= 0.6 is 0 Å². The van der Waals surface area contributed by atoms with Gasteiger partial charge in [-0.05, 0) is 50.1 Å². The van der Waals surface area contributed by atoms with E-state index >= 15 is 0 Å². The molecule has 0 saturated carbocycles. The van der Waals surface area contributed by atoms with Gasteiger partial charge in [-0.25, -0.2) is 9.78 Å². The summed E-state index contributed by atoms with van der Waals surface area (Å²) in [5, 5.41) is 7.65. The van der Waals surface area contributed by atoms with E-state index in [0.717, 1.165) is 5.39 Å². The molecule has 4 rings (SSSR count). The minimum absolute atomic E-state index is 0.0432. The van der Waals surface area contributed by atoms with Crippen molar-refractivity contribution in [3.8, 4) is 28.8 Å². The molecule has 0 radical (unpaired) electrons. The molecule has 1 N–H and O–H groups in total. The van der Waals surface area contributed by atoms with Crippen LogP contribution in [0, 0.1) is 5.92 Å². The van der Waals surface area contributed by atoms with Gasteiger partial charge in [0.25, 0.3) is 5.91 Å². The topological polar surface area (TPSA) is 117 Å². The molecule has 0 unspecified atom stereocenters. The highest BCUT2D eigenvalue weighted by molar-refractivity contribution is 5.88. The van der Waals surface area contributed by atoms with E-state index in [4.69, 9.17) is 14.2 Å². The van der Waals surface area contributed by atoms with E-state index in [1.807, 2.05) is 33.8 Å². The van der Waals surface area contributed by atoms with Crippen LogP contribution in [0.5, 0.6) is 17.4 Å². The fraction of sp³-hybridized carbons (Fsp3) is 0.296. The van der Waals surface area contributed by atoms with Gasteiger partial charge in [-0.2, -0.15) is 14.8 Å². The number of nitrogens with zero attached hydrogens (tertiary/aromatic N) is 4. The number of carbonyl (C=O) groups is 2. The first kappa shape index (κ1) is 25.6. The second-order valence-electron chi connectivity index (χ2n) is 9.11. The summed E-state index contributed by atoms with van der Waals surface area (Å²) in [6.45, 7) is 7.95. The normalized spacial score (nSPS) is 11.1. The average molecular weight is 504 g/mol. The molecule has 2 heterocycles. The molecule has 1 amide bonds. The van der Waals surface area contributed by atoms with Crippen LogP contribution in [0.25, 0.3) is 22.3 Å². The SMILES string of the molecule is CC(C)COC(=O)n1ncc2cc(Oc3ccnc(-c4cccc(OCC(=O)NC(C)C)c4)n3)ccc21. The van der Waals surface area contributed by atoms with E-state index in [2.05, 4.69) is 20.4 Å². The molecule has 10 heteroatoms. The molecule has 2 aromatic heterocycles. The number of carbonyl (C=O) groups excluding carboxylic acids is 2. The Hall–Kier alpha value is -4.47. The summed E-state index contributed by atoms with van der Waals surface area (Å²) >= 11 is 0.